The fourth-order valence-electron chi connectivity index (χ4n) is 4.17. The van der Waals surface area contributed by atoms with Crippen LogP contribution in [0.25, 0.3) is 10.9 Å². The molecule has 0 saturated heterocycles. The second kappa shape index (κ2) is 9.33. The van der Waals surface area contributed by atoms with Gasteiger partial charge in [0.1, 0.15) is 12.6 Å². The Hall–Kier alpha value is -4.23. The molecule has 0 saturated carbocycles. The first-order chi connectivity index (χ1) is 16.6. The third-order valence-corrected chi connectivity index (χ3v) is 5.98. The van der Waals surface area contributed by atoms with Crippen molar-refractivity contribution in [2.24, 2.45) is 0 Å². The smallest absolute Gasteiger partial charge is 0.323 e. The minimum absolute atomic E-state index is 0.0974. The highest BCUT2D eigenvalue weighted by molar-refractivity contribution is 6.21. The molecule has 7 nitrogen and oxygen atoms in total. The van der Waals surface area contributed by atoms with Crippen LogP contribution in [0.3, 0.4) is 0 Å². The molecule has 2 N–H and O–H groups in total. The number of nitrogens with zero attached hydrogens (tertiary/aromatic N) is 1. The monoisotopic (exact) mass is 453 g/mol. The number of rotatable bonds is 8. The summed E-state index contributed by atoms with van der Waals surface area (Å²) in [6.45, 7) is 0.0402. The number of carbonyl (C=O) groups excluding carboxylic acids is 3. The van der Waals surface area contributed by atoms with Gasteiger partial charge in [0.25, 0.3) is 11.8 Å². The van der Waals surface area contributed by atoms with Gasteiger partial charge in [0.2, 0.25) is 0 Å². The molecule has 170 valence electrons. The van der Waals surface area contributed by atoms with Gasteiger partial charge in [0.05, 0.1) is 17.8 Å². The zero-order valence-corrected chi connectivity index (χ0v) is 18.4. The van der Waals surface area contributed by atoms with E-state index >= 15 is 0 Å². The van der Waals surface area contributed by atoms with Gasteiger partial charge >= 0.3 is 5.97 Å². The maximum Gasteiger partial charge on any atom is 0.323 e. The lowest BCUT2D eigenvalue weighted by molar-refractivity contribution is -0.147. The summed E-state index contributed by atoms with van der Waals surface area (Å²) in [5.41, 5.74) is 3.52. The number of aromatic amines is 1. The van der Waals surface area contributed by atoms with Gasteiger partial charge in [0, 0.05) is 23.5 Å². The van der Waals surface area contributed by atoms with Crippen LogP contribution in [0.4, 0.5) is 0 Å². The molecule has 7 heteroatoms. The van der Waals surface area contributed by atoms with E-state index < -0.39 is 12.0 Å². The molecule has 1 aliphatic heterocycles. The molecule has 0 bridgehead atoms. The predicted octanol–water partition coefficient (Wildman–Crippen LogP) is 3.67. The van der Waals surface area contributed by atoms with Crippen molar-refractivity contribution in [1.82, 2.24) is 15.2 Å². The number of aromatic nitrogens is 1. The van der Waals surface area contributed by atoms with E-state index in [-0.39, 0.29) is 25.1 Å². The Kier molecular flexibility index (Phi) is 5.93. The van der Waals surface area contributed by atoms with Crippen molar-refractivity contribution in [2.75, 3.05) is 6.67 Å². The predicted molar refractivity (Wildman–Crippen MR) is 127 cm³/mol. The number of imide groups is 1. The Labute approximate surface area is 196 Å². The molecule has 0 spiro atoms. The van der Waals surface area contributed by atoms with Gasteiger partial charge in [-0.15, -0.1) is 0 Å². The molecular formula is C27H23N3O4. The molecule has 0 radical (unpaired) electrons. The van der Waals surface area contributed by atoms with Gasteiger partial charge in [-0.05, 0) is 29.3 Å². The topological polar surface area (TPSA) is 91.5 Å². The quantitative estimate of drug-likeness (QED) is 0.314. The zero-order valence-electron chi connectivity index (χ0n) is 18.4. The molecule has 1 atom stereocenters. The minimum Gasteiger partial charge on any atom is -0.460 e. The Morgan fingerprint density at radius 1 is 0.882 bits per heavy atom. The number of H-pyrrole nitrogens is 1. The maximum absolute atomic E-state index is 13.1. The van der Waals surface area contributed by atoms with Crippen LogP contribution in [-0.2, 0) is 22.6 Å². The van der Waals surface area contributed by atoms with Crippen LogP contribution in [0.1, 0.15) is 31.8 Å². The van der Waals surface area contributed by atoms with Gasteiger partial charge in [-0.2, -0.15) is 0 Å². The van der Waals surface area contributed by atoms with Crippen LogP contribution in [0.2, 0.25) is 0 Å². The first kappa shape index (κ1) is 21.6. The van der Waals surface area contributed by atoms with Crippen LogP contribution in [0.5, 0.6) is 0 Å². The standard InChI is InChI=1S/C27H23N3O4/c31-25-21-11-4-5-12-22(21)26(32)30(25)17-29-24(27(33)34-16-18-8-2-1-3-9-18)14-19-15-28-23-13-7-6-10-20(19)23/h1-13,15,24,28-29H,14,16-17H2/t24-/m0/s1. The number of fused-ring (bicyclic) bond motifs is 2. The van der Waals surface area contributed by atoms with E-state index in [9.17, 15) is 14.4 Å². The molecule has 0 fully saturated rings. The summed E-state index contributed by atoms with van der Waals surface area (Å²) in [6.07, 6.45) is 2.20. The van der Waals surface area contributed by atoms with E-state index in [0.29, 0.717) is 17.5 Å². The highest BCUT2D eigenvalue weighted by Gasteiger charge is 2.35. The van der Waals surface area contributed by atoms with E-state index in [0.717, 1.165) is 26.9 Å². The number of nitrogens with one attached hydrogen (secondary N) is 2. The second-order valence-corrected chi connectivity index (χ2v) is 8.16. The summed E-state index contributed by atoms with van der Waals surface area (Å²) in [5.74, 6) is -1.21. The number of benzene rings is 3. The summed E-state index contributed by atoms with van der Waals surface area (Å²) in [7, 11) is 0. The van der Waals surface area contributed by atoms with Gasteiger partial charge < -0.3 is 9.72 Å². The fraction of sp³-hybridized carbons (Fsp3) is 0.148. The molecule has 3 aromatic carbocycles. The molecule has 5 rings (SSSR count). The Balaban J connectivity index is 1.34. The third kappa shape index (κ3) is 4.21. The van der Waals surface area contributed by atoms with Crippen LogP contribution in [0, 0.1) is 0 Å². The summed E-state index contributed by atoms with van der Waals surface area (Å²) < 4.78 is 5.58. The van der Waals surface area contributed by atoms with Crippen molar-refractivity contribution < 1.29 is 19.1 Å². The number of esters is 1. The van der Waals surface area contributed by atoms with Gasteiger partial charge in [-0.3, -0.25) is 24.6 Å². The molecule has 0 unspecified atom stereocenters. The third-order valence-electron chi connectivity index (χ3n) is 5.98. The summed E-state index contributed by atoms with van der Waals surface area (Å²) in [4.78, 5) is 42.9. The number of ether oxygens (including phenoxy) is 1. The summed E-state index contributed by atoms with van der Waals surface area (Å²) in [6, 6.07) is 23.2. The number of carbonyl (C=O) groups is 3. The molecule has 1 aromatic heterocycles. The molecule has 34 heavy (non-hydrogen) atoms. The Morgan fingerprint density at radius 3 is 2.26 bits per heavy atom. The summed E-state index contributed by atoms with van der Waals surface area (Å²) >= 11 is 0. The van der Waals surface area contributed by atoms with E-state index in [4.69, 9.17) is 4.74 Å². The molecule has 4 aromatic rings. The van der Waals surface area contributed by atoms with Crippen molar-refractivity contribution in [3.05, 3.63) is 107 Å². The molecule has 0 aliphatic carbocycles. The molecular weight excluding hydrogens is 430 g/mol. The Morgan fingerprint density at radius 2 is 1.53 bits per heavy atom. The first-order valence-electron chi connectivity index (χ1n) is 11.1. The van der Waals surface area contributed by atoms with E-state index in [1.807, 2.05) is 60.8 Å². The van der Waals surface area contributed by atoms with Crippen molar-refractivity contribution in [1.29, 1.82) is 0 Å². The average Bonchev–Trinajstić information content (AvgIpc) is 3.39. The van der Waals surface area contributed by atoms with Crippen molar-refractivity contribution >= 4 is 28.7 Å². The van der Waals surface area contributed by atoms with Crippen LogP contribution in [-0.4, -0.2) is 40.4 Å². The summed E-state index contributed by atoms with van der Waals surface area (Å²) in [5, 5.41) is 4.10. The highest BCUT2D eigenvalue weighted by Crippen LogP contribution is 2.23. The van der Waals surface area contributed by atoms with Gasteiger partial charge in [0.15, 0.2) is 0 Å². The average molecular weight is 453 g/mol. The van der Waals surface area contributed by atoms with E-state index in [1.54, 1.807) is 24.3 Å². The lowest BCUT2D eigenvalue weighted by Crippen LogP contribution is -2.47. The normalized spacial score (nSPS) is 13.8. The maximum atomic E-state index is 13.1. The number of para-hydroxylation sites is 1. The largest absolute Gasteiger partial charge is 0.460 e. The van der Waals surface area contributed by atoms with E-state index in [2.05, 4.69) is 10.3 Å². The minimum atomic E-state index is -0.757. The Bertz CT molecular complexity index is 1330. The van der Waals surface area contributed by atoms with Crippen LogP contribution in [0.15, 0.2) is 85.1 Å². The molecule has 2 amide bonds. The van der Waals surface area contributed by atoms with Crippen molar-refractivity contribution in [3.8, 4) is 0 Å². The van der Waals surface area contributed by atoms with Gasteiger partial charge in [-0.25, -0.2) is 0 Å². The van der Waals surface area contributed by atoms with E-state index in [1.165, 1.54) is 0 Å². The number of hydrogen-bond donors (Lipinski definition) is 2. The first-order valence-corrected chi connectivity index (χ1v) is 11.1. The van der Waals surface area contributed by atoms with Gasteiger partial charge in [-0.1, -0.05) is 60.7 Å². The van der Waals surface area contributed by atoms with Crippen LogP contribution >= 0.6 is 0 Å². The lowest BCUT2D eigenvalue weighted by atomic mass is 10.1. The second-order valence-electron chi connectivity index (χ2n) is 8.16. The lowest BCUT2D eigenvalue weighted by Gasteiger charge is -2.21. The fourth-order valence-corrected chi connectivity index (χ4v) is 4.17. The number of hydrogen-bond acceptors (Lipinski definition) is 5. The molecule has 1 aliphatic rings. The van der Waals surface area contributed by atoms with Crippen molar-refractivity contribution in [3.63, 3.8) is 0 Å². The highest BCUT2D eigenvalue weighted by atomic mass is 16.5. The molecule has 2 heterocycles. The van der Waals surface area contributed by atoms with Crippen molar-refractivity contribution in [2.45, 2.75) is 19.1 Å². The zero-order chi connectivity index (χ0) is 23.5. The van der Waals surface area contributed by atoms with Crippen LogP contribution < -0.4 is 5.32 Å². The number of amides is 2. The SMILES string of the molecule is O=C(OCc1ccccc1)[C@H](Cc1c[nH]c2ccccc12)NCN1C(=O)c2ccccc2C1=O.